The Morgan fingerprint density at radius 2 is 1.95 bits per heavy atom. The van der Waals surface area contributed by atoms with Gasteiger partial charge in [0.1, 0.15) is 11.5 Å². The molecule has 0 radical (unpaired) electrons. The van der Waals surface area contributed by atoms with Crippen molar-refractivity contribution in [1.29, 1.82) is 5.26 Å². The van der Waals surface area contributed by atoms with Crippen molar-refractivity contribution >= 4 is 5.91 Å². The molecule has 0 heterocycles. The molecule has 0 aliphatic rings. The van der Waals surface area contributed by atoms with E-state index in [0.29, 0.717) is 17.9 Å². The second-order valence-corrected chi connectivity index (χ2v) is 4.55. The lowest BCUT2D eigenvalue weighted by atomic mass is 10.2. The van der Waals surface area contributed by atoms with Crippen LogP contribution >= 0.6 is 0 Å². The topological polar surface area (TPSA) is 71.3 Å². The number of rotatable bonds is 6. The summed E-state index contributed by atoms with van der Waals surface area (Å²) in [5, 5.41) is 11.5. The average molecular weight is 296 g/mol. The van der Waals surface area contributed by atoms with Crippen molar-refractivity contribution in [2.24, 2.45) is 0 Å². The molecule has 22 heavy (non-hydrogen) atoms. The SMILES string of the molecule is COc1cccc(CNC(=O)COc2ccc(C#N)cc2)c1. The molecule has 5 heteroatoms. The van der Waals surface area contributed by atoms with Gasteiger partial charge in [0.25, 0.3) is 5.91 Å². The maximum absolute atomic E-state index is 11.7. The summed E-state index contributed by atoms with van der Waals surface area (Å²) in [6, 6.07) is 16.1. The third kappa shape index (κ3) is 4.53. The molecule has 0 saturated carbocycles. The molecule has 0 spiro atoms. The number of ether oxygens (including phenoxy) is 2. The van der Waals surface area contributed by atoms with E-state index in [1.807, 2.05) is 30.3 Å². The lowest BCUT2D eigenvalue weighted by Crippen LogP contribution is -2.28. The molecule has 1 N–H and O–H groups in total. The number of nitrogens with zero attached hydrogens (tertiary/aromatic N) is 1. The normalized spacial score (nSPS) is 9.64. The fourth-order valence-corrected chi connectivity index (χ4v) is 1.81. The van der Waals surface area contributed by atoms with Crippen molar-refractivity contribution in [2.45, 2.75) is 6.54 Å². The second-order valence-electron chi connectivity index (χ2n) is 4.55. The molecular weight excluding hydrogens is 280 g/mol. The van der Waals surface area contributed by atoms with Gasteiger partial charge in [-0.1, -0.05) is 12.1 Å². The Kier molecular flexibility index (Phi) is 5.38. The van der Waals surface area contributed by atoms with Crippen molar-refractivity contribution < 1.29 is 14.3 Å². The molecule has 0 aliphatic heterocycles. The van der Waals surface area contributed by atoms with Crippen molar-refractivity contribution in [2.75, 3.05) is 13.7 Å². The predicted octanol–water partition coefficient (Wildman–Crippen LogP) is 2.26. The monoisotopic (exact) mass is 296 g/mol. The largest absolute Gasteiger partial charge is 0.497 e. The van der Waals surface area contributed by atoms with Crippen molar-refractivity contribution in [1.82, 2.24) is 5.32 Å². The van der Waals surface area contributed by atoms with Gasteiger partial charge in [-0.25, -0.2) is 0 Å². The number of nitriles is 1. The van der Waals surface area contributed by atoms with Crippen LogP contribution in [0.25, 0.3) is 0 Å². The molecule has 5 nitrogen and oxygen atoms in total. The van der Waals surface area contributed by atoms with Gasteiger partial charge >= 0.3 is 0 Å². The van der Waals surface area contributed by atoms with E-state index < -0.39 is 0 Å². The number of benzene rings is 2. The van der Waals surface area contributed by atoms with Crippen LogP contribution in [0.5, 0.6) is 11.5 Å². The molecule has 0 aliphatic carbocycles. The van der Waals surface area contributed by atoms with Gasteiger partial charge in [0.15, 0.2) is 6.61 Å². The lowest BCUT2D eigenvalue weighted by molar-refractivity contribution is -0.123. The highest BCUT2D eigenvalue weighted by molar-refractivity contribution is 5.77. The Morgan fingerprint density at radius 3 is 2.64 bits per heavy atom. The number of hydrogen-bond acceptors (Lipinski definition) is 4. The number of hydrogen-bond donors (Lipinski definition) is 1. The Hall–Kier alpha value is -3.00. The molecule has 2 aromatic carbocycles. The fraction of sp³-hybridized carbons (Fsp3) is 0.176. The van der Waals surface area contributed by atoms with Gasteiger partial charge in [-0.05, 0) is 42.0 Å². The minimum Gasteiger partial charge on any atom is -0.497 e. The minimum absolute atomic E-state index is 0.0735. The van der Waals surface area contributed by atoms with Gasteiger partial charge in [0.2, 0.25) is 0 Å². The molecule has 112 valence electrons. The van der Waals surface area contributed by atoms with Crippen LogP contribution in [0, 0.1) is 11.3 Å². The van der Waals surface area contributed by atoms with Crippen LogP contribution < -0.4 is 14.8 Å². The standard InChI is InChI=1S/C17H16N2O3/c1-21-16-4-2-3-14(9-16)11-19-17(20)12-22-15-7-5-13(10-18)6-8-15/h2-9H,11-12H2,1H3,(H,19,20). The quantitative estimate of drug-likeness (QED) is 0.887. The number of carbonyl (C=O) groups excluding carboxylic acids is 1. The summed E-state index contributed by atoms with van der Waals surface area (Å²) in [6.07, 6.45) is 0. The van der Waals surface area contributed by atoms with Gasteiger partial charge in [0, 0.05) is 6.54 Å². The molecule has 0 bridgehead atoms. The third-order valence-corrected chi connectivity index (χ3v) is 2.98. The zero-order valence-electron chi connectivity index (χ0n) is 12.2. The first-order valence-electron chi connectivity index (χ1n) is 6.74. The molecule has 0 aromatic heterocycles. The van der Waals surface area contributed by atoms with E-state index in [0.717, 1.165) is 11.3 Å². The average Bonchev–Trinajstić information content (AvgIpc) is 2.58. The summed E-state index contributed by atoms with van der Waals surface area (Å²) < 4.78 is 10.5. The molecule has 2 aromatic rings. The van der Waals surface area contributed by atoms with E-state index in [1.54, 1.807) is 31.4 Å². The fourth-order valence-electron chi connectivity index (χ4n) is 1.81. The molecule has 0 atom stereocenters. The smallest absolute Gasteiger partial charge is 0.258 e. The van der Waals surface area contributed by atoms with Crippen LogP contribution in [0.1, 0.15) is 11.1 Å². The highest BCUT2D eigenvalue weighted by Crippen LogP contribution is 2.13. The lowest BCUT2D eigenvalue weighted by Gasteiger charge is -2.08. The zero-order valence-corrected chi connectivity index (χ0v) is 12.2. The second kappa shape index (κ2) is 7.70. The third-order valence-electron chi connectivity index (χ3n) is 2.98. The first kappa shape index (κ1) is 15.4. The van der Waals surface area contributed by atoms with Gasteiger partial charge in [0.05, 0.1) is 18.7 Å². The van der Waals surface area contributed by atoms with E-state index >= 15 is 0 Å². The van der Waals surface area contributed by atoms with Gasteiger partial charge in [-0.15, -0.1) is 0 Å². The van der Waals surface area contributed by atoms with Crippen LogP contribution in [0.3, 0.4) is 0 Å². The van der Waals surface area contributed by atoms with Gasteiger partial charge in [-0.3, -0.25) is 4.79 Å². The number of methoxy groups -OCH3 is 1. The molecular formula is C17H16N2O3. The highest BCUT2D eigenvalue weighted by Gasteiger charge is 2.04. The molecule has 0 fully saturated rings. The summed E-state index contributed by atoms with van der Waals surface area (Å²) in [5.74, 6) is 1.09. The Balaban J connectivity index is 1.79. The highest BCUT2D eigenvalue weighted by atomic mass is 16.5. The van der Waals surface area contributed by atoms with Crippen LogP contribution in [-0.2, 0) is 11.3 Å². The number of nitrogens with one attached hydrogen (secondary N) is 1. The minimum atomic E-state index is -0.216. The van der Waals surface area contributed by atoms with Gasteiger partial charge < -0.3 is 14.8 Å². The van der Waals surface area contributed by atoms with E-state index in [-0.39, 0.29) is 12.5 Å². The van der Waals surface area contributed by atoms with Gasteiger partial charge in [-0.2, -0.15) is 5.26 Å². The van der Waals surface area contributed by atoms with Crippen molar-refractivity contribution in [3.63, 3.8) is 0 Å². The van der Waals surface area contributed by atoms with Crippen LogP contribution in [0.15, 0.2) is 48.5 Å². The Morgan fingerprint density at radius 1 is 1.18 bits per heavy atom. The van der Waals surface area contributed by atoms with E-state index in [4.69, 9.17) is 14.7 Å². The summed E-state index contributed by atoms with van der Waals surface area (Å²) >= 11 is 0. The van der Waals surface area contributed by atoms with Crippen LogP contribution in [-0.4, -0.2) is 19.6 Å². The summed E-state index contributed by atoms with van der Waals surface area (Å²) in [5.41, 5.74) is 1.50. The maximum Gasteiger partial charge on any atom is 0.258 e. The zero-order chi connectivity index (χ0) is 15.8. The van der Waals surface area contributed by atoms with Crippen molar-refractivity contribution in [3.05, 3.63) is 59.7 Å². The maximum atomic E-state index is 11.7. The summed E-state index contributed by atoms with van der Waals surface area (Å²) in [4.78, 5) is 11.7. The molecule has 2 rings (SSSR count). The van der Waals surface area contributed by atoms with Crippen LogP contribution in [0.4, 0.5) is 0 Å². The predicted molar refractivity (Wildman–Crippen MR) is 81.5 cm³/mol. The van der Waals surface area contributed by atoms with Crippen molar-refractivity contribution in [3.8, 4) is 17.6 Å². The molecule has 0 unspecified atom stereocenters. The number of amides is 1. The molecule has 0 saturated heterocycles. The Bertz CT molecular complexity index is 675. The van der Waals surface area contributed by atoms with E-state index in [2.05, 4.69) is 5.32 Å². The summed E-state index contributed by atoms with van der Waals surface area (Å²) in [6.45, 7) is 0.336. The van der Waals surface area contributed by atoms with E-state index in [9.17, 15) is 4.79 Å². The summed E-state index contributed by atoms with van der Waals surface area (Å²) in [7, 11) is 1.60. The first-order valence-corrected chi connectivity index (χ1v) is 6.74. The van der Waals surface area contributed by atoms with Crippen LogP contribution in [0.2, 0.25) is 0 Å². The van der Waals surface area contributed by atoms with E-state index in [1.165, 1.54) is 0 Å². The molecule has 1 amide bonds. The number of carbonyl (C=O) groups is 1. The first-order chi connectivity index (χ1) is 10.7. The Labute approximate surface area is 129 Å².